The van der Waals surface area contributed by atoms with Crippen molar-refractivity contribution >= 4 is 34.7 Å². The van der Waals surface area contributed by atoms with Crippen LogP contribution in [-0.4, -0.2) is 29.7 Å². The Morgan fingerprint density at radius 3 is 1.59 bits per heavy atom. The summed E-state index contributed by atoms with van der Waals surface area (Å²) in [6.07, 6.45) is 21.2. The van der Waals surface area contributed by atoms with Gasteiger partial charge < -0.3 is 4.74 Å². The van der Waals surface area contributed by atoms with Crippen molar-refractivity contribution in [2.24, 2.45) is 0 Å². The Hall–Kier alpha value is -11.8. The van der Waals surface area contributed by atoms with Gasteiger partial charge in [-0.15, -0.1) is 6.42 Å². The van der Waals surface area contributed by atoms with E-state index < -0.39 is 5.91 Å². The van der Waals surface area contributed by atoms with Crippen LogP contribution in [-0.2, 0) is 5.91 Å². The van der Waals surface area contributed by atoms with Crippen LogP contribution in [0.4, 0.5) is 0 Å². The lowest BCUT2D eigenvalue weighted by atomic mass is 9.95. The summed E-state index contributed by atoms with van der Waals surface area (Å²) >= 11 is 0. The quantitative estimate of drug-likeness (QED) is 0.227. The average Bonchev–Trinajstić information content (AvgIpc) is 4.20. The van der Waals surface area contributed by atoms with E-state index in [1.54, 1.807) is 0 Å². The lowest BCUT2D eigenvalue weighted by Crippen LogP contribution is -2.70. The van der Waals surface area contributed by atoms with Gasteiger partial charge in [-0.2, -0.15) is 9.13 Å². The van der Waals surface area contributed by atoms with Crippen LogP contribution in [0.15, 0.2) is 108 Å². The summed E-state index contributed by atoms with van der Waals surface area (Å²) < 4.78 is 15.8. The van der Waals surface area contributed by atoms with E-state index in [1.165, 1.54) is 27.8 Å². The van der Waals surface area contributed by atoms with Crippen molar-refractivity contribution in [2.75, 3.05) is 0 Å². The zero-order valence-corrected chi connectivity index (χ0v) is 36.2. The Morgan fingerprint density at radius 1 is 0.478 bits per heavy atom. The fraction of sp³-hybridized carbons (Fsp3) is 0.0312. The third-order valence-corrected chi connectivity index (χ3v) is 10.9. The van der Waals surface area contributed by atoms with E-state index >= 15 is 0 Å². The maximum atomic E-state index is 5.72. The van der Waals surface area contributed by atoms with Crippen LogP contribution in [0.25, 0.3) is 23.3 Å². The van der Waals surface area contributed by atoms with E-state index in [2.05, 4.69) is 294 Å². The largest absolute Gasteiger partial charge is 0.553 e. The Morgan fingerprint density at radius 2 is 1.01 bits per heavy atom. The van der Waals surface area contributed by atoms with Crippen molar-refractivity contribution < 1.29 is 13.9 Å². The number of benzene rings is 2. The van der Waals surface area contributed by atoms with E-state index in [0.29, 0.717) is 5.75 Å². The number of hydrogen-bond acceptors (Lipinski definition) is 1. The zero-order chi connectivity index (χ0) is 46.8. The van der Waals surface area contributed by atoms with Crippen LogP contribution in [0.5, 0.6) is 5.75 Å². The molecule has 1 spiro atoms. The predicted octanol–water partition coefficient (Wildman–Crippen LogP) is 3.91. The Balaban J connectivity index is 0.782. The smallest absolute Gasteiger partial charge is 0.407 e. The molecule has 0 saturated heterocycles. The molecule has 0 saturated carbocycles. The highest BCUT2D eigenvalue weighted by Crippen LogP contribution is 2.49. The molecular formula is C64H22N4O+2. The van der Waals surface area contributed by atoms with Gasteiger partial charge in [-0.25, -0.2) is 0 Å². The molecule has 69 heavy (non-hydrogen) atoms. The molecular weight excluding hydrogens is 841 g/mol. The molecule has 0 fully saturated rings. The van der Waals surface area contributed by atoms with Gasteiger partial charge in [0, 0.05) is 155 Å². The summed E-state index contributed by atoms with van der Waals surface area (Å²) in [5, 5.41) is 2.34. The summed E-state index contributed by atoms with van der Waals surface area (Å²) in [6.45, 7) is 2.13. The summed E-state index contributed by atoms with van der Waals surface area (Å²) in [4.78, 5) is 0. The van der Waals surface area contributed by atoms with E-state index in [1.807, 2.05) is 12.1 Å². The predicted molar refractivity (Wildman–Crippen MR) is 267 cm³/mol. The third-order valence-electron chi connectivity index (χ3n) is 10.9. The van der Waals surface area contributed by atoms with Crippen molar-refractivity contribution in [1.29, 1.82) is 0 Å². The molecule has 1 atom stereocenters. The minimum absolute atomic E-state index is 0.595. The van der Waals surface area contributed by atoms with Crippen molar-refractivity contribution in [1.82, 2.24) is 9.13 Å². The fourth-order valence-electron chi connectivity index (χ4n) is 8.47. The van der Waals surface area contributed by atoms with Gasteiger partial charge in [0.1, 0.15) is 11.9 Å². The summed E-state index contributed by atoms with van der Waals surface area (Å²) in [5.74, 6) is 70.5. The molecule has 4 aromatic rings. The van der Waals surface area contributed by atoms with E-state index in [4.69, 9.17) is 11.2 Å². The first kappa shape index (κ1) is 41.3. The molecule has 10 rings (SSSR count). The van der Waals surface area contributed by atoms with Crippen molar-refractivity contribution in [2.45, 2.75) is 12.8 Å². The number of hydrogen-bond donors (Lipinski definition) is 0. The van der Waals surface area contributed by atoms with Gasteiger partial charge in [-0.3, -0.25) is 0 Å². The number of terminal acetylenes is 1. The van der Waals surface area contributed by atoms with Gasteiger partial charge in [-0.05, 0) is 102 Å². The summed E-state index contributed by atoms with van der Waals surface area (Å²) in [5.41, 5.74) is 12.7. The average molecular weight is 863 g/mol. The highest BCUT2D eigenvalue weighted by atomic mass is 16.5. The van der Waals surface area contributed by atoms with E-state index in [0.717, 1.165) is 45.0 Å². The fourth-order valence-corrected chi connectivity index (χ4v) is 8.47. The molecule has 0 unspecified atom stereocenters. The van der Waals surface area contributed by atoms with Gasteiger partial charge in [-0.1, -0.05) is 51.1 Å². The van der Waals surface area contributed by atoms with Crippen LogP contribution in [0.1, 0.15) is 28.1 Å². The van der Waals surface area contributed by atoms with Gasteiger partial charge in [0.25, 0.3) is 0 Å². The topological polar surface area (TPSA) is 25.1 Å². The number of nitrogens with zero attached hydrogens (tertiary/aromatic N) is 4. The second kappa shape index (κ2) is 18.5. The van der Waals surface area contributed by atoms with E-state index in [9.17, 15) is 0 Å². The maximum Gasteiger partial charge on any atom is 0.553 e. The monoisotopic (exact) mass is 862 g/mol. The standard InChI is InChI=1S/C64H22N4O/c1-3-4-5-6-7-8-9-10-11-12-13-14-15-16-17-18-19-20-21-22-23-24-25-26-27-28-29-30-47-69-57-41-35-52(36-42-57)63-60-45-39-55-48-53-37-43-58-62(51-33-31-50(2)32-34-51)59-44-38-54-49-56-40-46-61(63)68(56)64(65(53)58,66(54)59)67(55)60/h1,31-46,48-49H,2H3/q+2/t64-/m0/s1. The van der Waals surface area contributed by atoms with Crippen molar-refractivity contribution in [3.8, 4) is 184 Å². The maximum absolute atomic E-state index is 5.72. The minimum atomic E-state index is -0.720. The lowest BCUT2D eigenvalue weighted by molar-refractivity contribution is -0.834. The highest BCUT2D eigenvalue weighted by Gasteiger charge is 2.71. The van der Waals surface area contributed by atoms with Gasteiger partial charge in [0.2, 0.25) is 22.8 Å². The van der Waals surface area contributed by atoms with Crippen LogP contribution in [0.3, 0.4) is 0 Å². The number of aryl methyl sites for hydroxylation is 1. The number of allylic oxidation sites excluding steroid dienone is 4. The van der Waals surface area contributed by atoms with Crippen LogP contribution in [0.2, 0.25) is 0 Å². The Labute approximate surface area is 400 Å². The first-order valence-corrected chi connectivity index (χ1v) is 20.8. The molecule has 2 aromatic carbocycles. The van der Waals surface area contributed by atoms with Gasteiger partial charge in [0.15, 0.2) is 0 Å². The molecule has 0 radical (unpaired) electrons. The molecule has 0 N–H and O–H groups in total. The second-order valence-corrected chi connectivity index (χ2v) is 14.7. The zero-order valence-electron chi connectivity index (χ0n) is 36.2. The van der Waals surface area contributed by atoms with Crippen molar-refractivity contribution in [3.63, 3.8) is 0 Å². The number of ether oxygens (including phenoxy) is 1. The van der Waals surface area contributed by atoms with Crippen molar-refractivity contribution in [3.05, 3.63) is 147 Å². The molecule has 2 aromatic heterocycles. The molecule has 8 heterocycles. The summed E-state index contributed by atoms with van der Waals surface area (Å²) in [7, 11) is 0. The molecule has 302 valence electrons. The number of aromatic nitrogens is 2. The molecule has 0 aliphatic carbocycles. The molecule has 0 amide bonds. The van der Waals surface area contributed by atoms with Gasteiger partial charge in [0.05, 0.1) is 33.2 Å². The first-order chi connectivity index (χ1) is 34.2. The highest BCUT2D eigenvalue weighted by molar-refractivity contribution is 6.27. The Bertz CT molecular complexity index is 4460. The van der Waals surface area contributed by atoms with E-state index in [-0.39, 0.29) is 0 Å². The molecule has 5 heteroatoms. The first-order valence-electron chi connectivity index (χ1n) is 20.8. The molecule has 5 nitrogen and oxygen atoms in total. The van der Waals surface area contributed by atoms with Crippen LogP contribution in [0, 0.1) is 185 Å². The molecule has 6 aliphatic heterocycles. The normalized spacial score (nSPS) is 14.2. The number of rotatable bonds is 3. The van der Waals surface area contributed by atoms with Gasteiger partial charge >= 0.3 is 5.91 Å². The second-order valence-electron chi connectivity index (χ2n) is 14.7. The molecule has 0 bridgehead atoms. The lowest BCUT2D eigenvalue weighted by Gasteiger charge is -2.39. The Kier molecular flexibility index (Phi) is 11.1. The molecule has 6 aliphatic rings. The SMILES string of the molecule is C#CC#CC#CC#CC#CC#CC#CC#CC#CC#CC#CC#CC#CC#CC#COc1ccc(C2=C3C=CC4=[N+]3[C@@]35n6c(ccc62)C=C2C=CC(=[N+]23)C(c2ccc(C)cc2)=c2ccc(n25)=C4)cc1. The van der Waals surface area contributed by atoms with Crippen LogP contribution < -0.4 is 15.4 Å². The third kappa shape index (κ3) is 7.63. The minimum Gasteiger partial charge on any atom is -0.407 e. The van der Waals surface area contributed by atoms with Crippen LogP contribution >= 0.6 is 0 Å². The summed E-state index contributed by atoms with van der Waals surface area (Å²) in [6, 6.07) is 25.9.